The molecule has 0 aliphatic carbocycles. The fraction of sp³-hybridized carbons (Fsp3) is 0.500. The number of piperidine rings is 2. The number of carbonyl (C=O) groups excluding carboxylic acids is 2. The second kappa shape index (κ2) is 9.56. The van der Waals surface area contributed by atoms with Crippen molar-refractivity contribution in [2.45, 2.75) is 38.5 Å². The van der Waals surface area contributed by atoms with E-state index >= 15 is 0 Å². The Labute approximate surface area is 183 Å². The van der Waals surface area contributed by atoms with Gasteiger partial charge in [0.2, 0.25) is 5.91 Å². The Bertz CT molecular complexity index is 925. The normalized spacial score (nSPS) is 20.5. The van der Waals surface area contributed by atoms with Crippen molar-refractivity contribution in [3.63, 3.8) is 0 Å². The van der Waals surface area contributed by atoms with Gasteiger partial charge in [-0.15, -0.1) is 0 Å². The van der Waals surface area contributed by atoms with Crippen LogP contribution < -0.4 is 5.32 Å². The zero-order valence-corrected chi connectivity index (χ0v) is 18.4. The zero-order valence-electron chi connectivity index (χ0n) is 18.4. The van der Waals surface area contributed by atoms with E-state index in [1.165, 1.54) is 0 Å². The number of anilines is 1. The van der Waals surface area contributed by atoms with Crippen LogP contribution in [-0.2, 0) is 4.79 Å². The first-order valence-electron chi connectivity index (χ1n) is 11.2. The van der Waals surface area contributed by atoms with E-state index in [4.69, 9.17) is 0 Å². The van der Waals surface area contributed by atoms with Gasteiger partial charge in [0.25, 0.3) is 5.91 Å². The summed E-state index contributed by atoms with van der Waals surface area (Å²) in [7, 11) is 2.11. The Morgan fingerprint density at radius 1 is 1.06 bits per heavy atom. The summed E-state index contributed by atoms with van der Waals surface area (Å²) in [6.45, 7) is 5.30. The van der Waals surface area contributed by atoms with Crippen molar-refractivity contribution in [3.05, 3.63) is 53.6 Å². The van der Waals surface area contributed by atoms with Gasteiger partial charge in [-0.3, -0.25) is 9.59 Å². The van der Waals surface area contributed by atoms with Gasteiger partial charge in [0.15, 0.2) is 0 Å². The van der Waals surface area contributed by atoms with Crippen LogP contribution in [0.1, 0.15) is 53.5 Å². The molecule has 31 heavy (non-hydrogen) atoms. The first-order valence-corrected chi connectivity index (χ1v) is 11.2. The number of hydrogen-bond acceptors (Lipinski definition) is 5. The number of rotatable bonds is 4. The minimum atomic E-state index is -0.210. The van der Waals surface area contributed by atoms with Crippen molar-refractivity contribution in [1.82, 2.24) is 19.8 Å². The molecule has 2 aliphatic heterocycles. The molecule has 0 bridgehead atoms. The van der Waals surface area contributed by atoms with Gasteiger partial charge in [-0.1, -0.05) is 18.2 Å². The molecule has 164 valence electrons. The summed E-state index contributed by atoms with van der Waals surface area (Å²) < 4.78 is 0. The summed E-state index contributed by atoms with van der Waals surface area (Å²) in [5, 5.41) is 2.88. The molecule has 1 aromatic heterocycles. The van der Waals surface area contributed by atoms with Crippen molar-refractivity contribution in [1.29, 1.82) is 0 Å². The molecule has 0 radical (unpaired) electrons. The lowest BCUT2D eigenvalue weighted by molar-refractivity contribution is -0.138. The zero-order chi connectivity index (χ0) is 21.8. The second-order valence-electron chi connectivity index (χ2n) is 8.75. The molecule has 2 aliphatic rings. The molecular formula is C24H31N5O2. The average Bonchev–Trinajstić information content (AvgIpc) is 2.79. The minimum Gasteiger partial charge on any atom is -0.342 e. The predicted octanol–water partition coefficient (Wildman–Crippen LogP) is 3.09. The predicted molar refractivity (Wildman–Crippen MR) is 120 cm³/mol. The topological polar surface area (TPSA) is 78.4 Å². The lowest BCUT2D eigenvalue weighted by atomic mass is 9.92. The molecule has 0 unspecified atom stereocenters. The van der Waals surface area contributed by atoms with Crippen molar-refractivity contribution < 1.29 is 9.59 Å². The molecule has 2 fully saturated rings. The van der Waals surface area contributed by atoms with Gasteiger partial charge in [-0.05, 0) is 64.9 Å². The van der Waals surface area contributed by atoms with Crippen LogP contribution in [0, 0.1) is 12.8 Å². The summed E-state index contributed by atoms with van der Waals surface area (Å²) in [4.78, 5) is 39.1. The average molecular weight is 422 g/mol. The molecule has 7 nitrogen and oxygen atoms in total. The molecule has 1 atom stereocenters. The maximum absolute atomic E-state index is 13.0. The van der Waals surface area contributed by atoms with Gasteiger partial charge in [0.05, 0.1) is 11.3 Å². The third kappa shape index (κ3) is 5.10. The van der Waals surface area contributed by atoms with Crippen molar-refractivity contribution in [3.8, 4) is 0 Å². The van der Waals surface area contributed by atoms with Crippen molar-refractivity contribution >= 4 is 17.5 Å². The Balaban J connectivity index is 1.41. The van der Waals surface area contributed by atoms with E-state index in [9.17, 15) is 9.59 Å². The van der Waals surface area contributed by atoms with E-state index in [1.807, 2.05) is 42.2 Å². The Kier molecular flexibility index (Phi) is 6.61. The third-order valence-corrected chi connectivity index (χ3v) is 6.44. The molecule has 0 saturated carbocycles. The standard InChI is InChI=1S/C24H31N5O2/c1-17-21(23(30)27-20-8-4-3-5-9-20)15-25-22(26-17)19-7-6-12-29(16-19)24(31)18-10-13-28(2)14-11-18/h3-5,8-9,15,18-19H,6-7,10-14,16H2,1-2H3,(H,27,30)/t19-/m0/s1. The van der Waals surface area contributed by atoms with E-state index in [0.29, 0.717) is 17.8 Å². The maximum Gasteiger partial charge on any atom is 0.259 e. The lowest BCUT2D eigenvalue weighted by Crippen LogP contribution is -2.45. The highest BCUT2D eigenvalue weighted by atomic mass is 16.2. The highest BCUT2D eigenvalue weighted by molar-refractivity contribution is 6.04. The molecule has 2 saturated heterocycles. The molecule has 0 spiro atoms. The van der Waals surface area contributed by atoms with Crippen molar-refractivity contribution in [2.24, 2.45) is 5.92 Å². The molecule has 1 N–H and O–H groups in total. The number of amides is 2. The summed E-state index contributed by atoms with van der Waals surface area (Å²) in [5.74, 6) is 1.07. The van der Waals surface area contributed by atoms with E-state index < -0.39 is 0 Å². The van der Waals surface area contributed by atoms with Gasteiger partial charge in [0.1, 0.15) is 5.82 Å². The Hall–Kier alpha value is -2.80. The van der Waals surface area contributed by atoms with Crippen LogP contribution in [0.25, 0.3) is 0 Å². The Morgan fingerprint density at radius 3 is 2.52 bits per heavy atom. The number of nitrogens with zero attached hydrogens (tertiary/aromatic N) is 4. The number of likely N-dealkylation sites (tertiary alicyclic amines) is 2. The number of aryl methyl sites for hydroxylation is 1. The monoisotopic (exact) mass is 421 g/mol. The maximum atomic E-state index is 13.0. The molecule has 2 aromatic rings. The van der Waals surface area contributed by atoms with Gasteiger partial charge in [-0.2, -0.15) is 0 Å². The quantitative estimate of drug-likeness (QED) is 0.821. The summed E-state index contributed by atoms with van der Waals surface area (Å²) in [6, 6.07) is 9.36. The lowest BCUT2D eigenvalue weighted by Gasteiger charge is -2.36. The van der Waals surface area contributed by atoms with Gasteiger partial charge in [0, 0.05) is 36.8 Å². The fourth-order valence-corrected chi connectivity index (χ4v) is 4.53. The number of benzene rings is 1. The number of carbonyl (C=O) groups is 2. The minimum absolute atomic E-state index is 0.119. The molecule has 2 amide bonds. The van der Waals surface area contributed by atoms with Crippen molar-refractivity contribution in [2.75, 3.05) is 38.5 Å². The largest absolute Gasteiger partial charge is 0.342 e. The number of aromatic nitrogens is 2. The number of nitrogens with one attached hydrogen (secondary N) is 1. The molecule has 1 aromatic carbocycles. The number of hydrogen-bond donors (Lipinski definition) is 1. The Morgan fingerprint density at radius 2 is 1.81 bits per heavy atom. The SMILES string of the molecule is Cc1nc([C@H]2CCCN(C(=O)C3CCN(C)CC3)C2)ncc1C(=O)Nc1ccccc1. The van der Waals surface area contributed by atoms with E-state index in [-0.39, 0.29) is 23.7 Å². The molecule has 4 rings (SSSR count). The van der Waals surface area contributed by atoms with Crippen LogP contribution in [0.4, 0.5) is 5.69 Å². The van der Waals surface area contributed by atoms with E-state index in [0.717, 1.165) is 56.8 Å². The van der Waals surface area contributed by atoms with Crippen LogP contribution >= 0.6 is 0 Å². The molecule has 3 heterocycles. The summed E-state index contributed by atoms with van der Waals surface area (Å²) in [6.07, 6.45) is 5.43. The van der Waals surface area contributed by atoms with Crippen LogP contribution in [0.2, 0.25) is 0 Å². The third-order valence-electron chi connectivity index (χ3n) is 6.44. The molecule has 7 heteroatoms. The van der Waals surface area contributed by atoms with Crippen LogP contribution in [0.15, 0.2) is 36.5 Å². The smallest absolute Gasteiger partial charge is 0.259 e. The highest BCUT2D eigenvalue weighted by Crippen LogP contribution is 2.28. The van der Waals surface area contributed by atoms with Crippen LogP contribution in [-0.4, -0.2) is 64.8 Å². The van der Waals surface area contributed by atoms with Gasteiger partial charge < -0.3 is 15.1 Å². The van der Waals surface area contributed by atoms with E-state index in [2.05, 4.69) is 27.2 Å². The van der Waals surface area contributed by atoms with Crippen LogP contribution in [0.3, 0.4) is 0 Å². The molecular weight excluding hydrogens is 390 g/mol. The van der Waals surface area contributed by atoms with Crippen LogP contribution in [0.5, 0.6) is 0 Å². The van der Waals surface area contributed by atoms with Gasteiger partial charge >= 0.3 is 0 Å². The second-order valence-corrected chi connectivity index (χ2v) is 8.75. The summed E-state index contributed by atoms with van der Waals surface area (Å²) >= 11 is 0. The first-order chi connectivity index (χ1) is 15.0. The number of para-hydroxylation sites is 1. The van der Waals surface area contributed by atoms with E-state index in [1.54, 1.807) is 6.20 Å². The highest BCUT2D eigenvalue weighted by Gasteiger charge is 2.32. The summed E-state index contributed by atoms with van der Waals surface area (Å²) in [5.41, 5.74) is 1.88. The fourth-order valence-electron chi connectivity index (χ4n) is 4.53. The first kappa shape index (κ1) is 21.4. The van der Waals surface area contributed by atoms with Gasteiger partial charge in [-0.25, -0.2) is 9.97 Å².